The zero-order chi connectivity index (χ0) is 34.5. The Bertz CT molecular complexity index is 1160. The maximum atomic E-state index is 13.9. The number of hydrogen-bond donors (Lipinski definition) is 4. The van der Waals surface area contributed by atoms with Crippen molar-refractivity contribution in [3.63, 3.8) is 0 Å². The first-order valence-electron chi connectivity index (χ1n) is 16.2. The van der Waals surface area contributed by atoms with E-state index in [1.807, 2.05) is 41.5 Å². The lowest BCUT2D eigenvalue weighted by Crippen LogP contribution is -2.61. The van der Waals surface area contributed by atoms with Crippen molar-refractivity contribution in [2.45, 2.75) is 119 Å². The van der Waals surface area contributed by atoms with Crippen molar-refractivity contribution in [2.75, 3.05) is 6.54 Å². The van der Waals surface area contributed by atoms with Crippen LogP contribution in [0.2, 0.25) is 0 Å². The molecule has 0 bridgehead atoms. The van der Waals surface area contributed by atoms with E-state index in [1.165, 1.54) is 4.90 Å². The van der Waals surface area contributed by atoms with E-state index < -0.39 is 59.1 Å². The van der Waals surface area contributed by atoms with Gasteiger partial charge in [0.15, 0.2) is 5.78 Å². The van der Waals surface area contributed by atoms with E-state index in [9.17, 15) is 28.8 Å². The van der Waals surface area contributed by atoms with Gasteiger partial charge >= 0.3 is 6.03 Å². The average Bonchev–Trinajstić information content (AvgIpc) is 3.50. The Labute approximate surface area is 268 Å². The molecule has 5 atom stereocenters. The molecule has 252 valence electrons. The van der Waals surface area contributed by atoms with Gasteiger partial charge in [-0.3, -0.25) is 24.0 Å². The van der Waals surface area contributed by atoms with E-state index >= 15 is 0 Å². The van der Waals surface area contributed by atoms with E-state index in [4.69, 9.17) is 5.73 Å². The molecule has 5 unspecified atom stereocenters. The Morgan fingerprint density at radius 1 is 0.933 bits per heavy atom. The Balaban J connectivity index is 0.00000496. The van der Waals surface area contributed by atoms with Gasteiger partial charge in [-0.05, 0) is 42.9 Å². The average molecular weight is 630 g/mol. The van der Waals surface area contributed by atoms with Gasteiger partial charge in [-0.15, -0.1) is 0 Å². The fourth-order valence-electron chi connectivity index (χ4n) is 5.11. The molecule has 1 aliphatic rings. The molecular formula is C34H55N5O6. The predicted molar refractivity (Wildman–Crippen MR) is 175 cm³/mol. The number of rotatable bonds is 14. The molecule has 0 spiro atoms. The summed E-state index contributed by atoms with van der Waals surface area (Å²) in [6.07, 6.45) is 2.67. The second kappa shape index (κ2) is 18.3. The molecular weight excluding hydrogens is 574 g/mol. The van der Waals surface area contributed by atoms with Crippen LogP contribution in [0.25, 0.3) is 0 Å². The number of primary amides is 1. The van der Waals surface area contributed by atoms with Crippen molar-refractivity contribution in [1.82, 2.24) is 20.9 Å². The molecule has 0 aliphatic carbocycles. The number of nitrogens with one attached hydrogen (secondary N) is 3. The molecule has 0 saturated carbocycles. The largest absolute Gasteiger partial charge is 0.363 e. The number of amides is 5. The van der Waals surface area contributed by atoms with Gasteiger partial charge in [0.2, 0.25) is 17.6 Å². The Morgan fingerprint density at radius 3 is 2.04 bits per heavy atom. The molecule has 45 heavy (non-hydrogen) atoms. The lowest BCUT2D eigenvalue weighted by atomic mass is 9.85. The minimum atomic E-state index is -1.12. The van der Waals surface area contributed by atoms with Crippen LogP contribution in [-0.4, -0.2) is 70.9 Å². The summed E-state index contributed by atoms with van der Waals surface area (Å²) in [5.41, 5.74) is 4.97. The van der Waals surface area contributed by atoms with Crippen LogP contribution in [-0.2, 0) is 19.2 Å². The van der Waals surface area contributed by atoms with E-state index in [0.29, 0.717) is 24.8 Å². The third kappa shape index (κ3) is 11.6. The van der Waals surface area contributed by atoms with Crippen LogP contribution in [0.15, 0.2) is 30.3 Å². The number of hydrogen-bond acceptors (Lipinski definition) is 6. The predicted octanol–water partition coefficient (Wildman–Crippen LogP) is 3.99. The van der Waals surface area contributed by atoms with Crippen molar-refractivity contribution in [3.05, 3.63) is 35.9 Å². The first-order chi connectivity index (χ1) is 21.1. The Hall–Kier alpha value is -3.76. The number of benzene rings is 1. The molecule has 1 aliphatic heterocycles. The van der Waals surface area contributed by atoms with Crippen LogP contribution < -0.4 is 21.7 Å². The summed E-state index contributed by atoms with van der Waals surface area (Å²) in [5, 5.41) is 8.17. The molecule has 0 radical (unpaired) electrons. The highest BCUT2D eigenvalue weighted by atomic mass is 16.2. The number of carbonyl (C=O) groups is 6. The maximum absolute atomic E-state index is 13.9. The lowest BCUT2D eigenvalue weighted by molar-refractivity contribution is -0.143. The van der Waals surface area contributed by atoms with Gasteiger partial charge in [0.1, 0.15) is 12.1 Å². The number of nitrogens with two attached hydrogens (primary N) is 1. The molecule has 0 aromatic heterocycles. The van der Waals surface area contributed by atoms with Crippen LogP contribution in [0.5, 0.6) is 0 Å². The van der Waals surface area contributed by atoms with Crippen LogP contribution in [0.4, 0.5) is 4.79 Å². The second-order valence-electron chi connectivity index (χ2n) is 12.9. The standard InChI is InChI=1S/C32H49N5O6.C2H6/c1-8-20(4)16-17-22(26(39)28(33)40)34-29(41)23-15-12-18-37(23)30(42)27(32(5,6)7)36-31(43)35-24(19(2)3)25(38)21-13-10-9-11-14-21;1-2/h9-11,13-14,19-20,22-24,27H,8,12,15-18H2,1-7H3,(H2,33,40)(H,34,41)(H2,35,36,43);1-2H3. The fourth-order valence-corrected chi connectivity index (χ4v) is 5.11. The zero-order valence-electron chi connectivity index (χ0n) is 28.6. The SMILES string of the molecule is CC.CCC(C)CCC(NC(=O)C1CCCN1C(=O)C(NC(=O)NC(C(=O)c1ccccc1)C(C)C)C(C)(C)C)C(=O)C(N)=O. The van der Waals surface area contributed by atoms with Crippen LogP contribution in [0.1, 0.15) is 105 Å². The fraction of sp³-hybridized carbons (Fsp3) is 0.647. The molecule has 11 heteroatoms. The van der Waals surface area contributed by atoms with Crippen molar-refractivity contribution in [3.8, 4) is 0 Å². The Morgan fingerprint density at radius 2 is 1.53 bits per heavy atom. The van der Waals surface area contributed by atoms with E-state index in [0.717, 1.165) is 6.42 Å². The minimum absolute atomic E-state index is 0.217. The summed E-state index contributed by atoms with van der Waals surface area (Å²) in [6, 6.07) is 4.20. The molecule has 5 N–H and O–H groups in total. The topological polar surface area (TPSA) is 168 Å². The maximum Gasteiger partial charge on any atom is 0.316 e. The van der Waals surface area contributed by atoms with Crippen LogP contribution in [0.3, 0.4) is 0 Å². The van der Waals surface area contributed by atoms with Gasteiger partial charge in [0, 0.05) is 12.1 Å². The summed E-state index contributed by atoms with van der Waals surface area (Å²) in [6.45, 7) is 17.4. The highest BCUT2D eigenvalue weighted by molar-refractivity contribution is 6.37. The Kier molecular flexibility index (Phi) is 15.9. The van der Waals surface area contributed by atoms with Gasteiger partial charge in [-0.25, -0.2) is 4.79 Å². The molecule has 1 heterocycles. The smallest absolute Gasteiger partial charge is 0.316 e. The number of likely N-dealkylation sites (tertiary alicyclic amines) is 1. The highest BCUT2D eigenvalue weighted by Crippen LogP contribution is 2.26. The number of Topliss-reactive ketones (excluding diaryl/α,β-unsaturated/α-hetero) is 2. The molecule has 5 amide bonds. The van der Waals surface area contributed by atoms with Crippen molar-refractivity contribution in [2.24, 2.45) is 23.0 Å². The quantitative estimate of drug-likeness (QED) is 0.179. The number of carbonyl (C=O) groups excluding carboxylic acids is 6. The summed E-state index contributed by atoms with van der Waals surface area (Å²) in [4.78, 5) is 79.2. The molecule has 1 aromatic rings. The lowest BCUT2D eigenvalue weighted by Gasteiger charge is -2.36. The van der Waals surface area contributed by atoms with Crippen molar-refractivity contribution < 1.29 is 28.8 Å². The van der Waals surface area contributed by atoms with Crippen molar-refractivity contribution in [1.29, 1.82) is 0 Å². The molecule has 1 aromatic carbocycles. The van der Waals surface area contributed by atoms with Gasteiger partial charge < -0.3 is 26.6 Å². The first kappa shape index (κ1) is 39.3. The molecule has 2 rings (SSSR count). The van der Waals surface area contributed by atoms with Gasteiger partial charge in [0.25, 0.3) is 5.91 Å². The molecule has 1 fully saturated rings. The van der Waals surface area contributed by atoms with E-state index in [2.05, 4.69) is 16.0 Å². The van der Waals surface area contributed by atoms with Crippen molar-refractivity contribution >= 4 is 35.3 Å². The van der Waals surface area contributed by atoms with Gasteiger partial charge in [-0.1, -0.05) is 99.1 Å². The van der Waals surface area contributed by atoms with E-state index in [-0.39, 0.29) is 30.6 Å². The summed E-state index contributed by atoms with van der Waals surface area (Å²) in [5.74, 6) is -3.16. The normalized spacial score (nSPS) is 17.2. The van der Waals surface area contributed by atoms with Crippen LogP contribution in [0, 0.1) is 17.3 Å². The van der Waals surface area contributed by atoms with Gasteiger partial charge in [-0.2, -0.15) is 0 Å². The highest BCUT2D eigenvalue weighted by Gasteiger charge is 2.43. The number of nitrogens with zero attached hydrogens (tertiary/aromatic N) is 1. The number of ketones is 2. The third-order valence-electron chi connectivity index (χ3n) is 8.04. The molecule has 11 nitrogen and oxygen atoms in total. The van der Waals surface area contributed by atoms with Crippen LogP contribution >= 0.6 is 0 Å². The number of urea groups is 1. The minimum Gasteiger partial charge on any atom is -0.363 e. The monoisotopic (exact) mass is 629 g/mol. The van der Waals surface area contributed by atoms with Gasteiger partial charge in [0.05, 0.1) is 12.1 Å². The summed E-state index contributed by atoms with van der Waals surface area (Å²) in [7, 11) is 0. The summed E-state index contributed by atoms with van der Waals surface area (Å²) >= 11 is 0. The van der Waals surface area contributed by atoms with E-state index in [1.54, 1.807) is 51.1 Å². The molecule has 1 saturated heterocycles. The first-order valence-corrected chi connectivity index (χ1v) is 16.2. The third-order valence-corrected chi connectivity index (χ3v) is 8.04. The zero-order valence-corrected chi connectivity index (χ0v) is 28.6. The summed E-state index contributed by atoms with van der Waals surface area (Å²) < 4.78 is 0. The second-order valence-corrected chi connectivity index (χ2v) is 12.9.